The summed E-state index contributed by atoms with van der Waals surface area (Å²) in [6, 6.07) is 6.32. The Balaban J connectivity index is 0.00000144. The van der Waals surface area contributed by atoms with E-state index in [2.05, 4.69) is 28.4 Å². The first-order valence-corrected chi connectivity index (χ1v) is 5.42. The molecule has 1 aromatic carbocycles. The van der Waals surface area contributed by atoms with Crippen LogP contribution in [0.4, 0.5) is 5.69 Å². The Labute approximate surface area is 119 Å². The van der Waals surface area contributed by atoms with E-state index in [4.69, 9.17) is 12.2 Å². The van der Waals surface area contributed by atoms with E-state index in [0.717, 1.165) is 12.1 Å². The van der Waals surface area contributed by atoms with Crippen LogP contribution < -0.4 is 11.1 Å². The van der Waals surface area contributed by atoms with Crippen molar-refractivity contribution < 1.29 is 0 Å². The van der Waals surface area contributed by atoms with E-state index < -0.39 is 0 Å². The number of guanidine groups is 1. The monoisotopic (exact) mass is 341 g/mol. The van der Waals surface area contributed by atoms with Crippen LogP contribution >= 0.6 is 24.0 Å². The lowest BCUT2D eigenvalue weighted by atomic mass is 10.1. The third kappa shape index (κ3) is 3.63. The van der Waals surface area contributed by atoms with Gasteiger partial charge in [0.05, 0.1) is 0 Å². The molecule has 0 saturated heterocycles. The van der Waals surface area contributed by atoms with Gasteiger partial charge in [-0.3, -0.25) is 0 Å². The first kappa shape index (κ1) is 13.8. The molecule has 0 bridgehead atoms. The van der Waals surface area contributed by atoms with Crippen LogP contribution in [0.2, 0.25) is 0 Å². The van der Waals surface area contributed by atoms with Crippen LogP contribution in [0.5, 0.6) is 0 Å². The molecule has 1 aliphatic carbocycles. The summed E-state index contributed by atoms with van der Waals surface area (Å²) >= 11 is 0. The Morgan fingerprint density at radius 3 is 2.94 bits per heavy atom. The molecule has 0 fully saturated rings. The minimum Gasteiger partial charge on any atom is -0.370 e. The summed E-state index contributed by atoms with van der Waals surface area (Å²) < 4.78 is 0. The second-order valence-corrected chi connectivity index (χ2v) is 3.87. The number of aliphatic imine (C=N–C) groups is 1. The molecule has 0 amide bonds. The minimum absolute atomic E-state index is 0. The fraction of sp³-hybridized carbons (Fsp3) is 0.308. The number of terminal acetylenes is 1. The third-order valence-corrected chi connectivity index (χ3v) is 2.71. The SMILES string of the molecule is C#CCN=C(N)Nc1ccc2c(c1)CCC2.I. The lowest BCUT2D eigenvalue weighted by molar-refractivity contribution is 0.912. The topological polar surface area (TPSA) is 50.4 Å². The molecule has 17 heavy (non-hydrogen) atoms. The number of fused-ring (bicyclic) bond motifs is 1. The smallest absolute Gasteiger partial charge is 0.194 e. The fourth-order valence-corrected chi connectivity index (χ4v) is 1.97. The van der Waals surface area contributed by atoms with Crippen molar-refractivity contribution in [2.75, 3.05) is 11.9 Å². The van der Waals surface area contributed by atoms with Gasteiger partial charge in [-0.2, -0.15) is 0 Å². The Hall–Kier alpha value is -1.22. The van der Waals surface area contributed by atoms with Gasteiger partial charge in [0, 0.05) is 5.69 Å². The lowest BCUT2D eigenvalue weighted by Crippen LogP contribution is -2.22. The number of rotatable bonds is 2. The van der Waals surface area contributed by atoms with Crippen LogP contribution in [-0.4, -0.2) is 12.5 Å². The molecular formula is C13H16IN3. The largest absolute Gasteiger partial charge is 0.370 e. The van der Waals surface area contributed by atoms with E-state index in [1.165, 1.54) is 24.0 Å². The fourth-order valence-electron chi connectivity index (χ4n) is 1.97. The highest BCUT2D eigenvalue weighted by atomic mass is 127. The van der Waals surface area contributed by atoms with Crippen molar-refractivity contribution in [2.45, 2.75) is 19.3 Å². The number of aryl methyl sites for hydroxylation is 2. The molecule has 3 N–H and O–H groups in total. The van der Waals surface area contributed by atoms with Gasteiger partial charge in [0.25, 0.3) is 0 Å². The second kappa shape index (κ2) is 6.50. The summed E-state index contributed by atoms with van der Waals surface area (Å²) in [5, 5.41) is 3.04. The van der Waals surface area contributed by atoms with Crippen molar-refractivity contribution in [2.24, 2.45) is 10.7 Å². The molecule has 1 aliphatic rings. The summed E-state index contributed by atoms with van der Waals surface area (Å²) in [6.07, 6.45) is 8.70. The molecule has 0 spiro atoms. The maximum absolute atomic E-state index is 5.68. The zero-order valence-electron chi connectivity index (χ0n) is 9.57. The molecule has 0 atom stereocenters. The molecule has 4 heteroatoms. The number of hydrogen-bond acceptors (Lipinski definition) is 1. The van der Waals surface area contributed by atoms with Gasteiger partial charge in [0.2, 0.25) is 0 Å². The van der Waals surface area contributed by atoms with E-state index in [-0.39, 0.29) is 24.0 Å². The molecule has 0 saturated carbocycles. The van der Waals surface area contributed by atoms with Crippen LogP contribution in [0, 0.1) is 12.3 Å². The molecule has 2 rings (SSSR count). The van der Waals surface area contributed by atoms with Gasteiger partial charge in [-0.05, 0) is 42.5 Å². The van der Waals surface area contributed by atoms with Crippen molar-refractivity contribution in [1.29, 1.82) is 0 Å². The van der Waals surface area contributed by atoms with Crippen molar-refractivity contribution in [3.63, 3.8) is 0 Å². The number of benzene rings is 1. The number of anilines is 1. The van der Waals surface area contributed by atoms with Gasteiger partial charge >= 0.3 is 0 Å². The first-order valence-electron chi connectivity index (χ1n) is 5.42. The molecule has 0 unspecified atom stereocenters. The zero-order valence-corrected chi connectivity index (χ0v) is 11.9. The highest BCUT2D eigenvalue weighted by Crippen LogP contribution is 2.24. The lowest BCUT2D eigenvalue weighted by Gasteiger charge is -2.07. The number of nitrogens with zero attached hydrogens (tertiary/aromatic N) is 1. The van der Waals surface area contributed by atoms with Crippen LogP contribution in [0.1, 0.15) is 17.5 Å². The van der Waals surface area contributed by atoms with Crippen LogP contribution in [0.25, 0.3) is 0 Å². The predicted octanol–water partition coefficient (Wildman–Crippen LogP) is 2.15. The molecule has 0 heterocycles. The molecule has 0 aromatic heterocycles. The van der Waals surface area contributed by atoms with E-state index >= 15 is 0 Å². The van der Waals surface area contributed by atoms with Crippen molar-refractivity contribution in [3.05, 3.63) is 29.3 Å². The Kier molecular flexibility index (Phi) is 5.29. The summed E-state index contributed by atoms with van der Waals surface area (Å²) in [4.78, 5) is 3.98. The van der Waals surface area contributed by atoms with Gasteiger partial charge in [-0.1, -0.05) is 12.0 Å². The van der Waals surface area contributed by atoms with E-state index in [1.54, 1.807) is 0 Å². The Bertz CT molecular complexity index is 460. The summed E-state index contributed by atoms with van der Waals surface area (Å²) in [6.45, 7) is 0.309. The minimum atomic E-state index is 0. The van der Waals surface area contributed by atoms with E-state index in [9.17, 15) is 0 Å². The van der Waals surface area contributed by atoms with Gasteiger partial charge < -0.3 is 11.1 Å². The van der Waals surface area contributed by atoms with Gasteiger partial charge in [-0.25, -0.2) is 4.99 Å². The summed E-state index contributed by atoms with van der Waals surface area (Å²) in [5.41, 5.74) is 9.53. The highest BCUT2D eigenvalue weighted by molar-refractivity contribution is 14.0. The normalized spacial score (nSPS) is 13.5. The highest BCUT2D eigenvalue weighted by Gasteiger charge is 2.10. The molecule has 0 aliphatic heterocycles. The first-order chi connectivity index (χ1) is 7.79. The van der Waals surface area contributed by atoms with Crippen molar-refractivity contribution in [1.82, 2.24) is 0 Å². The predicted molar refractivity (Wildman–Crippen MR) is 82.8 cm³/mol. The summed E-state index contributed by atoms with van der Waals surface area (Å²) in [7, 11) is 0. The van der Waals surface area contributed by atoms with Crippen molar-refractivity contribution in [3.8, 4) is 12.3 Å². The molecule has 90 valence electrons. The van der Waals surface area contributed by atoms with E-state index in [1.807, 2.05) is 6.07 Å². The number of halogens is 1. The zero-order chi connectivity index (χ0) is 11.4. The van der Waals surface area contributed by atoms with Crippen LogP contribution in [0.3, 0.4) is 0 Å². The average molecular weight is 341 g/mol. The Morgan fingerprint density at radius 2 is 2.18 bits per heavy atom. The quantitative estimate of drug-likeness (QED) is 0.375. The molecule has 3 nitrogen and oxygen atoms in total. The van der Waals surface area contributed by atoms with Gasteiger partial charge in [0.1, 0.15) is 6.54 Å². The number of hydrogen-bond donors (Lipinski definition) is 2. The van der Waals surface area contributed by atoms with Gasteiger partial charge in [0.15, 0.2) is 5.96 Å². The second-order valence-electron chi connectivity index (χ2n) is 3.87. The maximum atomic E-state index is 5.68. The van der Waals surface area contributed by atoms with E-state index in [0.29, 0.717) is 12.5 Å². The van der Waals surface area contributed by atoms with Crippen LogP contribution in [0.15, 0.2) is 23.2 Å². The molecular weight excluding hydrogens is 325 g/mol. The Morgan fingerprint density at radius 1 is 1.41 bits per heavy atom. The third-order valence-electron chi connectivity index (χ3n) is 2.71. The van der Waals surface area contributed by atoms with Crippen LogP contribution in [-0.2, 0) is 12.8 Å². The average Bonchev–Trinajstić information content (AvgIpc) is 2.73. The molecule has 0 radical (unpaired) electrons. The standard InChI is InChI=1S/C13H15N3.HI/c1-2-8-15-13(14)16-12-7-6-10-4-3-5-11(10)9-12;/h1,6-7,9H,3-5,8H2,(H3,14,15,16);1H. The molecule has 1 aromatic rings. The van der Waals surface area contributed by atoms with Crippen molar-refractivity contribution >= 4 is 35.6 Å². The number of nitrogens with one attached hydrogen (secondary N) is 1. The summed E-state index contributed by atoms with van der Waals surface area (Å²) in [5.74, 6) is 2.79. The number of nitrogens with two attached hydrogens (primary N) is 1. The van der Waals surface area contributed by atoms with Gasteiger partial charge in [-0.15, -0.1) is 30.4 Å². The maximum Gasteiger partial charge on any atom is 0.194 e.